The molecule has 10 nitrogen and oxygen atoms in total. The van der Waals surface area contributed by atoms with Crippen molar-refractivity contribution in [2.24, 2.45) is 5.41 Å². The molecule has 0 saturated heterocycles. The lowest BCUT2D eigenvalue weighted by Gasteiger charge is -2.23. The second-order valence-electron chi connectivity index (χ2n) is 12.5. The first-order valence-electron chi connectivity index (χ1n) is 13.8. The van der Waals surface area contributed by atoms with Crippen LogP contribution >= 0.6 is 0 Å². The summed E-state index contributed by atoms with van der Waals surface area (Å²) >= 11 is 0. The van der Waals surface area contributed by atoms with Crippen molar-refractivity contribution in [2.75, 3.05) is 0 Å². The predicted molar refractivity (Wildman–Crippen MR) is 178 cm³/mol. The Balaban J connectivity index is 2.17. The highest BCUT2D eigenvalue weighted by Gasteiger charge is 2.33. The summed E-state index contributed by atoms with van der Waals surface area (Å²) in [6.45, 7) is 21.6. The second kappa shape index (κ2) is 14.0. The van der Waals surface area contributed by atoms with Crippen molar-refractivity contribution >= 4 is 30.1 Å². The SMILES string of the molecule is C=C(Oc1ccc(-c2ccc(OC(C)(C)C)cc2)cc1)C(CC(=C)S(=O)(=O)C(=C)CC/C(=C/S(=O)(=O)O)C(C)(C)C)S(=O)(=O)O. The highest BCUT2D eigenvalue weighted by molar-refractivity contribution is 7.99. The van der Waals surface area contributed by atoms with E-state index in [9.17, 15) is 34.4 Å². The van der Waals surface area contributed by atoms with E-state index in [0.717, 1.165) is 16.9 Å². The minimum atomic E-state index is -4.89. The maximum Gasteiger partial charge on any atom is 0.287 e. The third-order valence-electron chi connectivity index (χ3n) is 6.53. The monoisotopic (exact) mass is 682 g/mol. The van der Waals surface area contributed by atoms with Crippen LogP contribution in [-0.4, -0.2) is 45.2 Å². The van der Waals surface area contributed by atoms with E-state index in [2.05, 4.69) is 19.7 Å². The Morgan fingerprint density at radius 3 is 1.62 bits per heavy atom. The first-order chi connectivity index (χ1) is 20.3. The van der Waals surface area contributed by atoms with Crippen molar-refractivity contribution in [1.82, 2.24) is 0 Å². The van der Waals surface area contributed by atoms with Crippen LogP contribution in [0.4, 0.5) is 0 Å². The summed E-state index contributed by atoms with van der Waals surface area (Å²) in [4.78, 5) is -0.919. The Hall–Kier alpha value is -3.23. The van der Waals surface area contributed by atoms with Crippen LogP contribution in [0.5, 0.6) is 11.5 Å². The number of sulfone groups is 1. The summed E-state index contributed by atoms with van der Waals surface area (Å²) in [6, 6.07) is 14.1. The maximum atomic E-state index is 13.1. The molecular weight excluding hydrogens is 641 g/mol. The standard InChI is InChI=1S/C32H42O10S3/c1-22(10-15-27(31(4,5)6)21-43(33,34)35)44(36,37)23(2)20-30(45(38,39)40)24(3)41-28-16-11-25(12-17-28)26-13-18-29(19-14-26)42-32(7,8)9/h11-14,16-19,21,30H,1-3,10,15,20H2,4-9H3,(H,33,34,35)(H,38,39,40)/b27-21-. The van der Waals surface area contributed by atoms with E-state index in [0.29, 0.717) is 5.41 Å². The van der Waals surface area contributed by atoms with Gasteiger partial charge >= 0.3 is 0 Å². The van der Waals surface area contributed by atoms with Crippen LogP contribution in [0.2, 0.25) is 0 Å². The van der Waals surface area contributed by atoms with Gasteiger partial charge in [-0.25, -0.2) is 8.42 Å². The van der Waals surface area contributed by atoms with E-state index in [1.54, 1.807) is 45.0 Å². The van der Waals surface area contributed by atoms with E-state index < -0.39 is 57.8 Å². The van der Waals surface area contributed by atoms with E-state index in [1.165, 1.54) is 0 Å². The molecule has 248 valence electrons. The Morgan fingerprint density at radius 1 is 0.756 bits per heavy atom. The van der Waals surface area contributed by atoms with Crippen molar-refractivity contribution in [3.8, 4) is 22.6 Å². The zero-order chi connectivity index (χ0) is 34.6. The van der Waals surface area contributed by atoms with Crippen molar-refractivity contribution in [3.63, 3.8) is 0 Å². The van der Waals surface area contributed by atoms with Crippen molar-refractivity contribution < 1.29 is 43.8 Å². The molecule has 0 saturated carbocycles. The molecule has 0 aromatic heterocycles. The highest BCUT2D eigenvalue weighted by Crippen LogP contribution is 2.34. The van der Waals surface area contributed by atoms with Crippen molar-refractivity contribution in [1.29, 1.82) is 0 Å². The molecule has 0 fully saturated rings. The summed E-state index contributed by atoms with van der Waals surface area (Å²) in [6.07, 6.45) is -1.07. The summed E-state index contributed by atoms with van der Waals surface area (Å²) in [5.41, 5.74) is 0.922. The topological polar surface area (TPSA) is 161 Å². The maximum absolute atomic E-state index is 13.1. The first-order valence-corrected chi connectivity index (χ1v) is 18.3. The quantitative estimate of drug-likeness (QED) is 0.155. The number of allylic oxidation sites excluding steroid dienone is 3. The Labute approximate surface area is 267 Å². The lowest BCUT2D eigenvalue weighted by atomic mass is 9.85. The minimum Gasteiger partial charge on any atom is -0.488 e. The average Bonchev–Trinajstić information content (AvgIpc) is 2.87. The van der Waals surface area contributed by atoms with Gasteiger partial charge in [0, 0.05) is 16.2 Å². The number of rotatable bonds is 14. The molecule has 1 atom stereocenters. The zero-order valence-electron chi connectivity index (χ0n) is 26.4. The number of ether oxygens (including phenoxy) is 2. The van der Waals surface area contributed by atoms with Gasteiger partial charge < -0.3 is 9.47 Å². The number of hydrogen-bond acceptors (Lipinski definition) is 8. The Morgan fingerprint density at radius 2 is 1.22 bits per heavy atom. The lowest BCUT2D eigenvalue weighted by molar-refractivity contribution is 0.131. The molecule has 2 aromatic rings. The Bertz CT molecular complexity index is 1770. The van der Waals surface area contributed by atoms with Gasteiger partial charge in [-0.1, -0.05) is 70.3 Å². The van der Waals surface area contributed by atoms with Crippen molar-refractivity contribution in [2.45, 2.75) is 71.7 Å². The average molecular weight is 683 g/mol. The van der Waals surface area contributed by atoms with Crippen LogP contribution < -0.4 is 9.47 Å². The molecule has 0 bridgehead atoms. The molecule has 2 N–H and O–H groups in total. The normalized spacial score (nSPS) is 14.0. The third kappa shape index (κ3) is 11.9. The molecular formula is C32H42O10S3. The van der Waals surface area contributed by atoms with E-state index >= 15 is 0 Å². The molecule has 0 aliphatic rings. The summed E-state index contributed by atoms with van der Waals surface area (Å²) in [5, 5.41) is -1.20. The molecule has 0 spiro atoms. The molecule has 45 heavy (non-hydrogen) atoms. The Kier molecular flexibility index (Phi) is 11.8. The smallest absolute Gasteiger partial charge is 0.287 e. The fourth-order valence-corrected chi connectivity index (χ4v) is 7.00. The van der Waals surface area contributed by atoms with Crippen LogP contribution in [0.15, 0.2) is 94.8 Å². The van der Waals surface area contributed by atoms with E-state index in [-0.39, 0.29) is 34.7 Å². The molecule has 13 heteroatoms. The zero-order valence-corrected chi connectivity index (χ0v) is 28.9. The van der Waals surface area contributed by atoms with E-state index in [4.69, 9.17) is 9.47 Å². The molecule has 0 heterocycles. The van der Waals surface area contributed by atoms with E-state index in [1.807, 2.05) is 45.0 Å². The largest absolute Gasteiger partial charge is 0.488 e. The van der Waals surface area contributed by atoms with Gasteiger partial charge in [-0.15, -0.1) is 0 Å². The van der Waals surface area contributed by atoms with Gasteiger partial charge in [0.1, 0.15) is 28.1 Å². The summed E-state index contributed by atoms with van der Waals surface area (Å²) in [7, 11) is -13.7. The third-order valence-corrected chi connectivity index (χ3v) is 10.2. The van der Waals surface area contributed by atoms with Crippen molar-refractivity contribution in [3.05, 3.63) is 94.8 Å². The fraction of sp³-hybridized carbons (Fsp3) is 0.375. The second-order valence-corrected chi connectivity index (χ2v) is 17.6. The van der Waals surface area contributed by atoms with Gasteiger partial charge in [0.05, 0.1) is 5.41 Å². The highest BCUT2D eigenvalue weighted by atomic mass is 32.2. The van der Waals surface area contributed by atoms with Gasteiger partial charge in [0.15, 0.2) is 9.84 Å². The lowest BCUT2D eigenvalue weighted by Crippen LogP contribution is -2.27. The predicted octanol–water partition coefficient (Wildman–Crippen LogP) is 7.11. The van der Waals surface area contributed by atoms with Gasteiger partial charge in [-0.3, -0.25) is 9.11 Å². The molecule has 2 rings (SSSR count). The van der Waals surface area contributed by atoms with Gasteiger partial charge in [0.2, 0.25) is 0 Å². The molecule has 0 aliphatic heterocycles. The van der Waals surface area contributed by atoms with Gasteiger partial charge in [-0.2, -0.15) is 16.8 Å². The van der Waals surface area contributed by atoms with Gasteiger partial charge in [-0.05, 0) is 74.4 Å². The fourth-order valence-electron chi connectivity index (χ4n) is 4.11. The molecule has 0 amide bonds. The van der Waals surface area contributed by atoms with Gasteiger partial charge in [0.25, 0.3) is 20.2 Å². The molecule has 0 radical (unpaired) electrons. The van der Waals surface area contributed by atoms with Crippen LogP contribution in [-0.2, 0) is 30.1 Å². The summed E-state index contributed by atoms with van der Waals surface area (Å²) < 4.78 is 104. The van der Waals surface area contributed by atoms with Crippen LogP contribution in [0.3, 0.4) is 0 Å². The van der Waals surface area contributed by atoms with Crippen LogP contribution in [0.1, 0.15) is 60.8 Å². The minimum absolute atomic E-state index is 0.0724. The molecule has 1 unspecified atom stereocenters. The van der Waals surface area contributed by atoms with Crippen LogP contribution in [0.25, 0.3) is 11.1 Å². The molecule has 0 aliphatic carbocycles. The van der Waals surface area contributed by atoms with Crippen LogP contribution in [0, 0.1) is 5.41 Å². The number of benzene rings is 2. The number of hydrogen-bond donors (Lipinski definition) is 2. The summed E-state index contributed by atoms with van der Waals surface area (Å²) in [5.74, 6) is 0.486. The molecule has 2 aromatic carbocycles. The first kappa shape index (κ1) is 38.0.